The molecule has 1 amide bonds. The summed E-state index contributed by atoms with van der Waals surface area (Å²) in [7, 11) is 0. The van der Waals surface area contributed by atoms with E-state index in [1.807, 2.05) is 0 Å². The summed E-state index contributed by atoms with van der Waals surface area (Å²) in [6.45, 7) is 1.73. The van der Waals surface area contributed by atoms with Gasteiger partial charge in [-0.15, -0.1) is 0 Å². The van der Waals surface area contributed by atoms with Crippen molar-refractivity contribution in [1.82, 2.24) is 5.32 Å². The largest absolute Gasteiger partial charge is 0.479 e. The normalized spacial score (nSPS) is 25.4. The van der Waals surface area contributed by atoms with Gasteiger partial charge in [-0.05, 0) is 30.9 Å². The maximum absolute atomic E-state index is 13.6. The standard InChI is InChI=1S/C15H17F2NO3/c1-9-5-2-3-8-15(9,14(20)21)18-13(19)12-10(16)6-4-7-11(12)17/h4,6-7,9H,2-3,5,8H2,1H3,(H,18,19)(H,20,21). The van der Waals surface area contributed by atoms with Crippen LogP contribution in [-0.2, 0) is 4.79 Å². The Balaban J connectivity index is 2.33. The van der Waals surface area contributed by atoms with Gasteiger partial charge in [-0.2, -0.15) is 0 Å². The van der Waals surface area contributed by atoms with Crippen molar-refractivity contribution in [3.8, 4) is 0 Å². The minimum absolute atomic E-state index is 0.255. The first-order valence-electron chi connectivity index (χ1n) is 6.88. The van der Waals surface area contributed by atoms with Crippen molar-refractivity contribution < 1.29 is 23.5 Å². The minimum atomic E-state index is -1.47. The number of hydrogen-bond donors (Lipinski definition) is 2. The molecule has 6 heteroatoms. The molecule has 2 N–H and O–H groups in total. The molecule has 1 saturated carbocycles. The summed E-state index contributed by atoms with van der Waals surface area (Å²) in [6.07, 6.45) is 2.43. The van der Waals surface area contributed by atoms with E-state index in [1.54, 1.807) is 6.92 Å². The van der Waals surface area contributed by atoms with E-state index in [2.05, 4.69) is 5.32 Å². The van der Waals surface area contributed by atoms with Crippen LogP contribution in [0.25, 0.3) is 0 Å². The van der Waals surface area contributed by atoms with Crippen LogP contribution in [0.1, 0.15) is 43.0 Å². The Morgan fingerprint density at radius 1 is 1.29 bits per heavy atom. The first-order chi connectivity index (χ1) is 9.88. The second-order valence-electron chi connectivity index (χ2n) is 5.47. The minimum Gasteiger partial charge on any atom is -0.479 e. The fraction of sp³-hybridized carbons (Fsp3) is 0.467. The number of amides is 1. The second-order valence-corrected chi connectivity index (χ2v) is 5.47. The van der Waals surface area contributed by atoms with Gasteiger partial charge in [0.15, 0.2) is 0 Å². The number of hydrogen-bond acceptors (Lipinski definition) is 2. The summed E-state index contributed by atoms with van der Waals surface area (Å²) >= 11 is 0. The third-order valence-corrected chi connectivity index (χ3v) is 4.21. The van der Waals surface area contributed by atoms with E-state index >= 15 is 0 Å². The lowest BCUT2D eigenvalue weighted by Gasteiger charge is -2.39. The molecule has 4 nitrogen and oxygen atoms in total. The summed E-state index contributed by atoms with van der Waals surface area (Å²) in [5.41, 5.74) is -2.21. The molecule has 2 unspecified atom stereocenters. The lowest BCUT2D eigenvalue weighted by molar-refractivity contribution is -0.148. The number of carbonyl (C=O) groups excluding carboxylic acids is 1. The van der Waals surface area contributed by atoms with Gasteiger partial charge in [0.25, 0.3) is 5.91 Å². The first kappa shape index (κ1) is 15.4. The number of carboxylic acids is 1. The lowest BCUT2D eigenvalue weighted by atomic mass is 9.73. The summed E-state index contributed by atoms with van der Waals surface area (Å²) in [4.78, 5) is 23.8. The van der Waals surface area contributed by atoms with Crippen LogP contribution in [0.3, 0.4) is 0 Å². The molecule has 1 aliphatic rings. The first-order valence-corrected chi connectivity index (χ1v) is 6.88. The topological polar surface area (TPSA) is 66.4 Å². The van der Waals surface area contributed by atoms with E-state index in [0.29, 0.717) is 12.8 Å². The van der Waals surface area contributed by atoms with Crippen LogP contribution in [0.15, 0.2) is 18.2 Å². The maximum Gasteiger partial charge on any atom is 0.329 e. The van der Waals surface area contributed by atoms with Crippen molar-refractivity contribution in [2.75, 3.05) is 0 Å². The number of aliphatic carboxylic acids is 1. The van der Waals surface area contributed by atoms with Gasteiger partial charge in [-0.3, -0.25) is 4.79 Å². The quantitative estimate of drug-likeness (QED) is 0.901. The van der Waals surface area contributed by atoms with Crippen molar-refractivity contribution in [2.24, 2.45) is 5.92 Å². The van der Waals surface area contributed by atoms with Gasteiger partial charge in [0.05, 0.1) is 0 Å². The number of rotatable bonds is 3. The fourth-order valence-corrected chi connectivity index (χ4v) is 2.88. The van der Waals surface area contributed by atoms with Crippen LogP contribution < -0.4 is 5.32 Å². The highest BCUT2D eigenvalue weighted by atomic mass is 19.1. The summed E-state index contributed by atoms with van der Waals surface area (Å²) in [5, 5.41) is 11.9. The number of nitrogens with one attached hydrogen (secondary N) is 1. The molecule has 114 valence electrons. The monoisotopic (exact) mass is 297 g/mol. The molecule has 0 radical (unpaired) electrons. The fourth-order valence-electron chi connectivity index (χ4n) is 2.88. The summed E-state index contributed by atoms with van der Waals surface area (Å²) in [5.74, 6) is -4.50. The Hall–Kier alpha value is -1.98. The van der Waals surface area contributed by atoms with E-state index in [-0.39, 0.29) is 12.3 Å². The molecule has 1 aromatic carbocycles. The molecule has 21 heavy (non-hydrogen) atoms. The van der Waals surface area contributed by atoms with E-state index in [0.717, 1.165) is 24.6 Å². The van der Waals surface area contributed by atoms with Crippen molar-refractivity contribution in [2.45, 2.75) is 38.1 Å². The molecular formula is C15H17F2NO3. The van der Waals surface area contributed by atoms with Gasteiger partial charge < -0.3 is 10.4 Å². The van der Waals surface area contributed by atoms with E-state index < -0.39 is 34.6 Å². The zero-order chi connectivity index (χ0) is 15.6. The van der Waals surface area contributed by atoms with Gasteiger partial charge in [-0.1, -0.05) is 25.8 Å². The van der Waals surface area contributed by atoms with Crippen LogP contribution in [0.2, 0.25) is 0 Å². The zero-order valence-corrected chi connectivity index (χ0v) is 11.7. The number of carbonyl (C=O) groups is 2. The molecule has 0 heterocycles. The molecule has 0 aromatic heterocycles. The van der Waals surface area contributed by atoms with Gasteiger partial charge in [0.1, 0.15) is 22.7 Å². The highest BCUT2D eigenvalue weighted by Crippen LogP contribution is 2.34. The van der Waals surface area contributed by atoms with Gasteiger partial charge in [0.2, 0.25) is 0 Å². The van der Waals surface area contributed by atoms with Gasteiger partial charge in [0, 0.05) is 0 Å². The summed E-state index contributed by atoms with van der Waals surface area (Å²) < 4.78 is 27.3. The van der Waals surface area contributed by atoms with Crippen LogP contribution in [0.5, 0.6) is 0 Å². The lowest BCUT2D eigenvalue weighted by Crippen LogP contribution is -2.60. The SMILES string of the molecule is CC1CCCCC1(NC(=O)c1c(F)cccc1F)C(=O)O. The van der Waals surface area contributed by atoms with Gasteiger partial charge in [-0.25, -0.2) is 13.6 Å². The summed E-state index contributed by atoms with van der Waals surface area (Å²) in [6, 6.07) is 3.09. The third kappa shape index (κ3) is 2.75. The van der Waals surface area contributed by atoms with Crippen molar-refractivity contribution in [1.29, 1.82) is 0 Å². The molecule has 1 aliphatic carbocycles. The van der Waals surface area contributed by atoms with Crippen LogP contribution in [0, 0.1) is 17.6 Å². The number of halogens is 2. The second kappa shape index (κ2) is 5.79. The molecule has 1 aromatic rings. The van der Waals surface area contributed by atoms with Crippen LogP contribution in [-0.4, -0.2) is 22.5 Å². The smallest absolute Gasteiger partial charge is 0.329 e. The molecule has 2 rings (SSSR count). The Bertz CT molecular complexity index is 556. The Kier molecular flexibility index (Phi) is 4.25. The predicted molar refractivity (Wildman–Crippen MR) is 71.8 cm³/mol. The number of benzene rings is 1. The van der Waals surface area contributed by atoms with Gasteiger partial charge >= 0.3 is 5.97 Å². The molecule has 0 bridgehead atoms. The molecule has 0 aliphatic heterocycles. The number of carboxylic acid groups (broad SMARTS) is 1. The zero-order valence-electron chi connectivity index (χ0n) is 11.7. The van der Waals surface area contributed by atoms with Crippen LogP contribution >= 0.6 is 0 Å². The Morgan fingerprint density at radius 2 is 1.90 bits per heavy atom. The molecule has 2 atom stereocenters. The van der Waals surface area contributed by atoms with E-state index in [1.165, 1.54) is 0 Å². The average Bonchev–Trinajstić information content (AvgIpc) is 2.41. The predicted octanol–water partition coefficient (Wildman–Crippen LogP) is 2.73. The molecular weight excluding hydrogens is 280 g/mol. The highest BCUT2D eigenvalue weighted by Gasteiger charge is 2.46. The molecule has 0 saturated heterocycles. The van der Waals surface area contributed by atoms with Crippen molar-refractivity contribution in [3.63, 3.8) is 0 Å². The molecule has 1 fully saturated rings. The van der Waals surface area contributed by atoms with Crippen molar-refractivity contribution >= 4 is 11.9 Å². The molecule has 0 spiro atoms. The van der Waals surface area contributed by atoms with Crippen molar-refractivity contribution in [3.05, 3.63) is 35.4 Å². The highest BCUT2D eigenvalue weighted by molar-refractivity contribution is 5.98. The third-order valence-electron chi connectivity index (χ3n) is 4.21. The Labute approximate surface area is 121 Å². The average molecular weight is 297 g/mol. The maximum atomic E-state index is 13.6. The Morgan fingerprint density at radius 3 is 2.43 bits per heavy atom. The van der Waals surface area contributed by atoms with E-state index in [4.69, 9.17) is 0 Å². The van der Waals surface area contributed by atoms with Crippen LogP contribution in [0.4, 0.5) is 8.78 Å². The van der Waals surface area contributed by atoms with E-state index in [9.17, 15) is 23.5 Å².